The Morgan fingerprint density at radius 3 is 1.85 bits per heavy atom. The van der Waals surface area contributed by atoms with Gasteiger partial charge in [0.15, 0.2) is 0 Å². The van der Waals surface area contributed by atoms with Gasteiger partial charge in [0.05, 0.1) is 0 Å². The monoisotopic (exact) mass is 659 g/mol. The fourth-order valence-corrected chi connectivity index (χ4v) is 5.04. The molecule has 0 fully saturated rings. The van der Waals surface area contributed by atoms with Crippen molar-refractivity contribution in [2.24, 2.45) is 0 Å². The number of amides is 3. The summed E-state index contributed by atoms with van der Waals surface area (Å²) in [7, 11) is 1.49. The number of phenols is 1. The van der Waals surface area contributed by atoms with Crippen LogP contribution in [0.25, 0.3) is 0 Å². The lowest BCUT2D eigenvalue weighted by Crippen LogP contribution is -2.54. The number of carbonyl (C=O) groups is 4. The van der Waals surface area contributed by atoms with E-state index >= 15 is 0 Å². The standard InChI is InChI=1S/C38H49N3O7/c1-24-15-18-28(21-25(24)2)32(33(43)39-31(35(45)47-37(3,4)5)23-26-13-11-10-12-14-26)41(9)34(44)30(40-36(46)48-38(6,7)8)22-27-16-19-29(42)20-17-27/h10-21,30-32,42H,22-23H2,1-9H3,(H,39,43)(H,40,46). The zero-order valence-electron chi connectivity index (χ0n) is 29.4. The molecule has 258 valence electrons. The average Bonchev–Trinajstić information content (AvgIpc) is 2.97. The van der Waals surface area contributed by atoms with Gasteiger partial charge in [-0.05, 0) is 95.3 Å². The Balaban J connectivity index is 2.03. The summed E-state index contributed by atoms with van der Waals surface area (Å²) in [6.45, 7) is 14.3. The van der Waals surface area contributed by atoms with Crippen molar-refractivity contribution >= 4 is 23.9 Å². The molecule has 0 aromatic heterocycles. The van der Waals surface area contributed by atoms with Crippen molar-refractivity contribution in [3.63, 3.8) is 0 Å². The predicted octanol–water partition coefficient (Wildman–Crippen LogP) is 5.71. The molecule has 10 nitrogen and oxygen atoms in total. The molecule has 0 spiro atoms. The number of phenolic OH excluding ortho intramolecular Hbond substituents is 1. The summed E-state index contributed by atoms with van der Waals surface area (Å²) in [6, 6.07) is 17.6. The maximum absolute atomic E-state index is 14.3. The number of nitrogens with one attached hydrogen (secondary N) is 2. The number of nitrogens with zero attached hydrogens (tertiary/aromatic N) is 1. The minimum absolute atomic E-state index is 0.0541. The summed E-state index contributed by atoms with van der Waals surface area (Å²) in [6.07, 6.45) is -0.575. The van der Waals surface area contributed by atoms with Gasteiger partial charge in [0.2, 0.25) is 11.8 Å². The Hall–Kier alpha value is -4.86. The van der Waals surface area contributed by atoms with Crippen LogP contribution in [-0.2, 0) is 36.7 Å². The van der Waals surface area contributed by atoms with E-state index in [2.05, 4.69) is 10.6 Å². The van der Waals surface area contributed by atoms with Crippen molar-refractivity contribution in [2.75, 3.05) is 7.05 Å². The number of ether oxygens (including phenoxy) is 2. The van der Waals surface area contributed by atoms with Crippen molar-refractivity contribution in [1.82, 2.24) is 15.5 Å². The number of rotatable bonds is 11. The second-order valence-electron chi connectivity index (χ2n) is 14.0. The molecule has 3 aromatic carbocycles. The number of carbonyl (C=O) groups excluding carboxylic acids is 4. The quantitative estimate of drug-likeness (QED) is 0.225. The van der Waals surface area contributed by atoms with Crippen LogP contribution in [0.5, 0.6) is 5.75 Å². The van der Waals surface area contributed by atoms with E-state index < -0.39 is 53.2 Å². The van der Waals surface area contributed by atoms with Crippen molar-refractivity contribution in [2.45, 2.75) is 97.6 Å². The second-order valence-corrected chi connectivity index (χ2v) is 14.0. The Morgan fingerprint density at radius 2 is 1.29 bits per heavy atom. The summed E-state index contributed by atoms with van der Waals surface area (Å²) in [5.74, 6) is -1.71. The smallest absolute Gasteiger partial charge is 0.408 e. The molecule has 0 aliphatic rings. The molecule has 3 atom stereocenters. The molecule has 3 rings (SSSR count). The highest BCUT2D eigenvalue weighted by Gasteiger charge is 2.37. The van der Waals surface area contributed by atoms with Gasteiger partial charge in [0, 0.05) is 19.9 Å². The minimum Gasteiger partial charge on any atom is -0.508 e. The predicted molar refractivity (Wildman–Crippen MR) is 184 cm³/mol. The SMILES string of the molecule is Cc1ccc(C(C(=O)NC(Cc2ccccc2)C(=O)OC(C)(C)C)N(C)C(=O)C(Cc2ccc(O)cc2)NC(=O)OC(C)(C)C)cc1C. The van der Waals surface area contributed by atoms with Crippen LogP contribution in [0.15, 0.2) is 72.8 Å². The van der Waals surface area contributed by atoms with E-state index in [1.165, 1.54) is 24.1 Å². The van der Waals surface area contributed by atoms with Crippen LogP contribution in [-0.4, -0.2) is 64.2 Å². The Bertz CT molecular complexity index is 1570. The first-order valence-electron chi connectivity index (χ1n) is 16.0. The van der Waals surface area contributed by atoms with Gasteiger partial charge in [0.25, 0.3) is 0 Å². The highest BCUT2D eigenvalue weighted by atomic mass is 16.6. The topological polar surface area (TPSA) is 134 Å². The fourth-order valence-electron chi connectivity index (χ4n) is 5.04. The van der Waals surface area contributed by atoms with Gasteiger partial charge in [-0.3, -0.25) is 9.59 Å². The number of likely N-dealkylation sites (N-methyl/N-ethyl adjacent to an activating group) is 1. The van der Waals surface area contributed by atoms with Crippen molar-refractivity contribution in [3.8, 4) is 5.75 Å². The highest BCUT2D eigenvalue weighted by molar-refractivity contribution is 5.94. The van der Waals surface area contributed by atoms with Crippen LogP contribution in [0.3, 0.4) is 0 Å². The van der Waals surface area contributed by atoms with Crippen LogP contribution in [0.2, 0.25) is 0 Å². The molecular weight excluding hydrogens is 610 g/mol. The third kappa shape index (κ3) is 11.4. The van der Waals surface area contributed by atoms with E-state index in [-0.39, 0.29) is 18.6 Å². The molecule has 3 amide bonds. The Labute approximate surface area is 283 Å². The molecule has 0 saturated carbocycles. The molecule has 0 aliphatic carbocycles. The number of esters is 1. The van der Waals surface area contributed by atoms with E-state index in [1.54, 1.807) is 59.7 Å². The first-order chi connectivity index (χ1) is 22.3. The largest absolute Gasteiger partial charge is 0.508 e. The lowest BCUT2D eigenvalue weighted by Gasteiger charge is -2.33. The van der Waals surface area contributed by atoms with Gasteiger partial charge in [-0.25, -0.2) is 9.59 Å². The van der Waals surface area contributed by atoms with Crippen molar-refractivity contribution in [1.29, 1.82) is 0 Å². The molecular formula is C38H49N3O7. The first kappa shape index (κ1) is 37.6. The van der Waals surface area contributed by atoms with E-state index in [4.69, 9.17) is 9.47 Å². The molecule has 3 N–H and O–H groups in total. The van der Waals surface area contributed by atoms with Crippen LogP contribution in [0, 0.1) is 13.8 Å². The van der Waals surface area contributed by atoms with Crippen molar-refractivity contribution in [3.05, 3.63) is 101 Å². The Morgan fingerprint density at radius 1 is 0.729 bits per heavy atom. The molecule has 3 aromatic rings. The molecule has 48 heavy (non-hydrogen) atoms. The van der Waals surface area contributed by atoms with E-state index in [9.17, 15) is 24.3 Å². The zero-order valence-corrected chi connectivity index (χ0v) is 29.4. The third-order valence-electron chi connectivity index (χ3n) is 7.49. The number of benzene rings is 3. The summed E-state index contributed by atoms with van der Waals surface area (Å²) in [4.78, 5) is 56.3. The second kappa shape index (κ2) is 15.8. The number of aryl methyl sites for hydroxylation is 2. The normalized spacial score (nSPS) is 13.4. The maximum Gasteiger partial charge on any atom is 0.408 e. The van der Waals surface area contributed by atoms with E-state index in [1.807, 2.05) is 56.3 Å². The van der Waals surface area contributed by atoms with Gasteiger partial charge < -0.3 is 30.1 Å². The van der Waals surface area contributed by atoms with Crippen molar-refractivity contribution < 1.29 is 33.8 Å². The van der Waals surface area contributed by atoms with Crippen LogP contribution < -0.4 is 10.6 Å². The summed E-state index contributed by atoms with van der Waals surface area (Å²) >= 11 is 0. The molecule has 0 aliphatic heterocycles. The van der Waals surface area contributed by atoms with Crippen LogP contribution in [0.4, 0.5) is 4.79 Å². The maximum atomic E-state index is 14.3. The van der Waals surface area contributed by atoms with Crippen LogP contribution >= 0.6 is 0 Å². The Kier molecular flexibility index (Phi) is 12.4. The highest BCUT2D eigenvalue weighted by Crippen LogP contribution is 2.25. The number of hydrogen-bond donors (Lipinski definition) is 3. The van der Waals surface area contributed by atoms with Gasteiger partial charge in [-0.2, -0.15) is 0 Å². The summed E-state index contributed by atoms with van der Waals surface area (Å²) in [5.41, 5.74) is 2.29. The van der Waals surface area contributed by atoms with Crippen LogP contribution in [0.1, 0.15) is 75.4 Å². The molecule has 0 heterocycles. The minimum atomic E-state index is -1.18. The number of aromatic hydroxyl groups is 1. The fraction of sp³-hybridized carbons (Fsp3) is 0.421. The number of hydrogen-bond acceptors (Lipinski definition) is 7. The van der Waals surface area contributed by atoms with Gasteiger partial charge in [-0.1, -0.05) is 60.7 Å². The van der Waals surface area contributed by atoms with Gasteiger partial charge >= 0.3 is 12.1 Å². The first-order valence-corrected chi connectivity index (χ1v) is 16.0. The molecule has 0 saturated heterocycles. The number of alkyl carbamates (subject to hydrolysis) is 1. The molecule has 0 radical (unpaired) electrons. The molecule has 3 unspecified atom stereocenters. The summed E-state index contributed by atoms with van der Waals surface area (Å²) in [5, 5.41) is 15.3. The average molecular weight is 660 g/mol. The lowest BCUT2D eigenvalue weighted by molar-refractivity contribution is -0.159. The van der Waals surface area contributed by atoms with Gasteiger partial charge in [0.1, 0.15) is 35.1 Å². The molecule has 10 heteroatoms. The zero-order chi connectivity index (χ0) is 35.8. The molecule has 0 bridgehead atoms. The summed E-state index contributed by atoms with van der Waals surface area (Å²) < 4.78 is 11.1. The lowest BCUT2D eigenvalue weighted by atomic mass is 9.97. The van der Waals surface area contributed by atoms with E-state index in [0.29, 0.717) is 11.1 Å². The van der Waals surface area contributed by atoms with E-state index in [0.717, 1.165) is 16.7 Å². The third-order valence-corrected chi connectivity index (χ3v) is 7.49. The van der Waals surface area contributed by atoms with Gasteiger partial charge in [-0.15, -0.1) is 0 Å².